The fourth-order valence-electron chi connectivity index (χ4n) is 1.35. The van der Waals surface area contributed by atoms with Crippen LogP contribution in [0.25, 0.3) is 0 Å². The van der Waals surface area contributed by atoms with E-state index in [1.165, 1.54) is 0 Å². The number of rotatable bonds is 5. The van der Waals surface area contributed by atoms with Crippen molar-refractivity contribution in [2.75, 3.05) is 26.0 Å². The van der Waals surface area contributed by atoms with Crippen LogP contribution in [0.4, 0.5) is 5.69 Å². The minimum Gasteiger partial charge on any atom is -0.489 e. The van der Waals surface area contributed by atoms with Crippen molar-refractivity contribution >= 4 is 11.6 Å². The minimum atomic E-state index is -0.529. The van der Waals surface area contributed by atoms with E-state index in [-0.39, 0.29) is 12.5 Å². The first-order valence-corrected chi connectivity index (χ1v) is 5.43. The molecule has 0 heterocycles. The van der Waals surface area contributed by atoms with Crippen molar-refractivity contribution in [1.29, 1.82) is 0 Å². The quantitative estimate of drug-likeness (QED) is 0.711. The SMILES string of the molecule is CNC(=O)c1ccc(OCC(C)O)c(NC)c1. The Balaban J connectivity index is 2.89. The average molecular weight is 238 g/mol. The van der Waals surface area contributed by atoms with Crippen LogP contribution in [-0.2, 0) is 0 Å². The molecule has 0 aliphatic carbocycles. The van der Waals surface area contributed by atoms with E-state index in [2.05, 4.69) is 10.6 Å². The number of carbonyl (C=O) groups excluding carboxylic acids is 1. The lowest BCUT2D eigenvalue weighted by molar-refractivity contribution is 0.0962. The highest BCUT2D eigenvalue weighted by atomic mass is 16.5. The molecular formula is C12H18N2O3. The smallest absolute Gasteiger partial charge is 0.251 e. The van der Waals surface area contributed by atoms with Gasteiger partial charge in [0, 0.05) is 19.7 Å². The Morgan fingerprint density at radius 3 is 2.71 bits per heavy atom. The molecular weight excluding hydrogens is 220 g/mol. The summed E-state index contributed by atoms with van der Waals surface area (Å²) in [6, 6.07) is 5.09. The molecule has 94 valence electrons. The van der Waals surface area contributed by atoms with Gasteiger partial charge in [0.05, 0.1) is 11.8 Å². The van der Waals surface area contributed by atoms with Crippen molar-refractivity contribution in [3.63, 3.8) is 0 Å². The van der Waals surface area contributed by atoms with Gasteiger partial charge in [-0.15, -0.1) is 0 Å². The van der Waals surface area contributed by atoms with Gasteiger partial charge >= 0.3 is 0 Å². The van der Waals surface area contributed by atoms with E-state index < -0.39 is 6.10 Å². The molecule has 3 N–H and O–H groups in total. The van der Waals surface area contributed by atoms with Crippen LogP contribution < -0.4 is 15.4 Å². The first-order valence-electron chi connectivity index (χ1n) is 5.43. The van der Waals surface area contributed by atoms with Gasteiger partial charge in [0.15, 0.2) is 0 Å². The van der Waals surface area contributed by atoms with E-state index in [1.54, 1.807) is 39.2 Å². The number of aliphatic hydroxyl groups is 1. The number of amides is 1. The monoisotopic (exact) mass is 238 g/mol. The molecule has 17 heavy (non-hydrogen) atoms. The topological polar surface area (TPSA) is 70.6 Å². The van der Waals surface area contributed by atoms with Crippen LogP contribution in [0, 0.1) is 0 Å². The van der Waals surface area contributed by atoms with Crippen molar-refractivity contribution in [2.24, 2.45) is 0 Å². The molecule has 0 aliphatic rings. The third-order valence-corrected chi connectivity index (χ3v) is 2.22. The number of ether oxygens (including phenoxy) is 1. The second kappa shape index (κ2) is 6.10. The van der Waals surface area contributed by atoms with E-state index in [9.17, 15) is 4.79 Å². The number of carbonyl (C=O) groups is 1. The summed E-state index contributed by atoms with van der Waals surface area (Å²) >= 11 is 0. The van der Waals surface area contributed by atoms with Crippen LogP contribution in [0.1, 0.15) is 17.3 Å². The van der Waals surface area contributed by atoms with Gasteiger partial charge < -0.3 is 20.5 Å². The summed E-state index contributed by atoms with van der Waals surface area (Å²) in [7, 11) is 3.33. The number of nitrogens with one attached hydrogen (secondary N) is 2. The predicted octanol–water partition coefficient (Wildman–Crippen LogP) is 0.847. The number of aliphatic hydroxyl groups excluding tert-OH is 1. The van der Waals surface area contributed by atoms with E-state index in [0.717, 1.165) is 0 Å². The van der Waals surface area contributed by atoms with Crippen LogP contribution in [0.3, 0.4) is 0 Å². The molecule has 5 heteroatoms. The number of hydrogen-bond donors (Lipinski definition) is 3. The van der Waals surface area contributed by atoms with Gasteiger partial charge in [-0.2, -0.15) is 0 Å². The summed E-state index contributed by atoms with van der Waals surface area (Å²) in [6.45, 7) is 1.87. The second-order valence-corrected chi connectivity index (χ2v) is 3.70. The molecule has 0 aromatic heterocycles. The molecule has 1 aromatic carbocycles. The van der Waals surface area contributed by atoms with Crippen molar-refractivity contribution in [1.82, 2.24) is 5.32 Å². The fraction of sp³-hybridized carbons (Fsp3) is 0.417. The van der Waals surface area contributed by atoms with Crippen LogP contribution in [0.15, 0.2) is 18.2 Å². The summed E-state index contributed by atoms with van der Waals surface area (Å²) in [6.07, 6.45) is -0.529. The maximum Gasteiger partial charge on any atom is 0.251 e. The van der Waals surface area contributed by atoms with E-state index in [4.69, 9.17) is 9.84 Å². The zero-order valence-corrected chi connectivity index (χ0v) is 10.3. The fourth-order valence-corrected chi connectivity index (χ4v) is 1.35. The largest absolute Gasteiger partial charge is 0.489 e. The van der Waals surface area contributed by atoms with Crippen LogP contribution in [0.2, 0.25) is 0 Å². The first kappa shape index (κ1) is 13.3. The van der Waals surface area contributed by atoms with Crippen molar-refractivity contribution in [3.8, 4) is 5.75 Å². The second-order valence-electron chi connectivity index (χ2n) is 3.70. The third-order valence-electron chi connectivity index (χ3n) is 2.22. The molecule has 0 saturated carbocycles. The van der Waals surface area contributed by atoms with Gasteiger partial charge in [-0.25, -0.2) is 0 Å². The van der Waals surface area contributed by atoms with Gasteiger partial charge in [-0.3, -0.25) is 4.79 Å². The van der Waals surface area contributed by atoms with Crippen molar-refractivity contribution < 1.29 is 14.6 Å². The Labute approximate surface area is 101 Å². The van der Waals surface area contributed by atoms with Gasteiger partial charge in [0.1, 0.15) is 12.4 Å². The Morgan fingerprint density at radius 2 is 2.18 bits per heavy atom. The molecule has 0 saturated heterocycles. The lowest BCUT2D eigenvalue weighted by atomic mass is 10.1. The predicted molar refractivity (Wildman–Crippen MR) is 66.6 cm³/mol. The molecule has 0 bridgehead atoms. The third kappa shape index (κ3) is 3.64. The maximum absolute atomic E-state index is 11.4. The minimum absolute atomic E-state index is 0.149. The first-order chi connectivity index (χ1) is 8.08. The number of hydrogen-bond acceptors (Lipinski definition) is 4. The summed E-state index contributed by atoms with van der Waals surface area (Å²) in [4.78, 5) is 11.4. The van der Waals surface area contributed by atoms with E-state index in [1.807, 2.05) is 0 Å². The van der Waals surface area contributed by atoms with E-state index in [0.29, 0.717) is 17.0 Å². The van der Waals surface area contributed by atoms with Gasteiger partial charge in [0.2, 0.25) is 0 Å². The van der Waals surface area contributed by atoms with Gasteiger partial charge in [0.25, 0.3) is 5.91 Å². The summed E-state index contributed by atoms with van der Waals surface area (Å²) < 4.78 is 5.41. The normalized spacial score (nSPS) is 11.8. The molecule has 1 aromatic rings. The Bertz CT molecular complexity index is 391. The lowest BCUT2D eigenvalue weighted by Crippen LogP contribution is -2.18. The van der Waals surface area contributed by atoms with Crippen LogP contribution >= 0.6 is 0 Å². The molecule has 1 atom stereocenters. The molecule has 0 radical (unpaired) electrons. The highest BCUT2D eigenvalue weighted by Gasteiger charge is 2.09. The molecule has 0 aliphatic heterocycles. The molecule has 5 nitrogen and oxygen atoms in total. The Morgan fingerprint density at radius 1 is 1.47 bits per heavy atom. The molecule has 0 fully saturated rings. The van der Waals surface area contributed by atoms with Crippen molar-refractivity contribution in [2.45, 2.75) is 13.0 Å². The molecule has 0 spiro atoms. The Hall–Kier alpha value is -1.75. The zero-order valence-electron chi connectivity index (χ0n) is 10.3. The summed E-state index contributed by atoms with van der Waals surface area (Å²) in [5, 5.41) is 14.7. The summed E-state index contributed by atoms with van der Waals surface area (Å²) in [5.74, 6) is 0.463. The van der Waals surface area contributed by atoms with Gasteiger partial charge in [-0.1, -0.05) is 0 Å². The molecule has 1 amide bonds. The Kier molecular flexibility index (Phi) is 4.78. The zero-order chi connectivity index (χ0) is 12.8. The van der Waals surface area contributed by atoms with E-state index >= 15 is 0 Å². The van der Waals surface area contributed by atoms with Crippen molar-refractivity contribution in [3.05, 3.63) is 23.8 Å². The van der Waals surface area contributed by atoms with Gasteiger partial charge in [-0.05, 0) is 25.1 Å². The van der Waals surface area contributed by atoms with Crippen LogP contribution in [-0.4, -0.2) is 37.8 Å². The lowest BCUT2D eigenvalue weighted by Gasteiger charge is -2.13. The highest BCUT2D eigenvalue weighted by Crippen LogP contribution is 2.25. The average Bonchev–Trinajstić information content (AvgIpc) is 2.34. The summed E-state index contributed by atoms with van der Waals surface area (Å²) in [5.41, 5.74) is 1.27. The standard InChI is InChI=1S/C12H18N2O3/c1-8(15)7-17-11-5-4-9(12(16)14-3)6-10(11)13-2/h4-6,8,13,15H,7H2,1-3H3,(H,14,16). The molecule has 1 rings (SSSR count). The number of anilines is 1. The maximum atomic E-state index is 11.4. The highest BCUT2D eigenvalue weighted by molar-refractivity contribution is 5.95. The molecule has 1 unspecified atom stereocenters. The van der Waals surface area contributed by atoms with Crippen LogP contribution in [0.5, 0.6) is 5.75 Å². The number of benzene rings is 1.